The fourth-order valence-corrected chi connectivity index (χ4v) is 4.07. The molecule has 0 aromatic heterocycles. The summed E-state index contributed by atoms with van der Waals surface area (Å²) in [5.74, 6) is 1.91. The van der Waals surface area contributed by atoms with Crippen molar-refractivity contribution >= 4 is 0 Å². The molecule has 0 radical (unpaired) electrons. The van der Waals surface area contributed by atoms with E-state index in [1.807, 2.05) is 0 Å². The van der Waals surface area contributed by atoms with Crippen molar-refractivity contribution in [2.24, 2.45) is 22.7 Å². The lowest BCUT2D eigenvalue weighted by Gasteiger charge is -2.69. The van der Waals surface area contributed by atoms with Crippen molar-refractivity contribution in [1.82, 2.24) is 0 Å². The van der Waals surface area contributed by atoms with Crippen LogP contribution in [-0.4, -0.2) is 0 Å². The first-order valence-corrected chi connectivity index (χ1v) is 5.65. The fourth-order valence-electron chi connectivity index (χ4n) is 4.07. The molecule has 0 nitrogen and oxygen atoms in total. The van der Waals surface area contributed by atoms with Crippen LogP contribution in [0.4, 0.5) is 0 Å². The third kappa shape index (κ3) is 0.923. The Kier molecular flexibility index (Phi) is 1.87. The molecule has 0 aromatic carbocycles. The molecular formula is C13H22. The highest BCUT2D eigenvalue weighted by Gasteiger charge is 2.63. The highest BCUT2D eigenvalue weighted by Crippen LogP contribution is 2.71. The lowest BCUT2D eigenvalue weighted by Crippen LogP contribution is -2.61. The first-order valence-electron chi connectivity index (χ1n) is 5.65. The van der Waals surface area contributed by atoms with Crippen LogP contribution < -0.4 is 0 Å². The van der Waals surface area contributed by atoms with Crippen LogP contribution in [-0.2, 0) is 0 Å². The van der Waals surface area contributed by atoms with Crippen molar-refractivity contribution < 1.29 is 0 Å². The first-order chi connectivity index (χ1) is 6.04. The Morgan fingerprint density at radius 3 is 2.54 bits per heavy atom. The molecule has 0 heterocycles. The van der Waals surface area contributed by atoms with Gasteiger partial charge in [-0.1, -0.05) is 26.8 Å². The molecule has 3 aliphatic rings. The second kappa shape index (κ2) is 2.62. The molecule has 3 rings (SSSR count). The van der Waals surface area contributed by atoms with Crippen LogP contribution in [0.3, 0.4) is 0 Å². The van der Waals surface area contributed by atoms with E-state index in [9.17, 15) is 0 Å². The van der Waals surface area contributed by atoms with E-state index in [2.05, 4.69) is 33.4 Å². The Labute approximate surface area is 82.4 Å². The molecule has 3 aliphatic carbocycles. The molecule has 0 aliphatic heterocycles. The summed E-state index contributed by atoms with van der Waals surface area (Å²) in [6.45, 7) is 11.3. The Morgan fingerprint density at radius 1 is 1.38 bits per heavy atom. The van der Waals surface area contributed by atoms with E-state index in [0.29, 0.717) is 10.8 Å². The molecular weight excluding hydrogens is 156 g/mol. The van der Waals surface area contributed by atoms with Gasteiger partial charge in [-0.15, -0.1) is 6.58 Å². The third-order valence-electron chi connectivity index (χ3n) is 5.31. The molecule has 0 heteroatoms. The molecule has 13 heavy (non-hydrogen) atoms. The molecule has 3 atom stereocenters. The number of allylic oxidation sites excluding steroid dienone is 1. The maximum atomic E-state index is 3.92. The minimum absolute atomic E-state index is 0.582. The van der Waals surface area contributed by atoms with Crippen molar-refractivity contribution in [3.63, 3.8) is 0 Å². The second-order valence-corrected chi connectivity index (χ2v) is 5.75. The molecule has 0 amide bonds. The maximum Gasteiger partial charge on any atom is -0.0181 e. The largest absolute Gasteiger partial charge is 0.103 e. The van der Waals surface area contributed by atoms with E-state index in [1.165, 1.54) is 25.7 Å². The van der Waals surface area contributed by atoms with E-state index in [4.69, 9.17) is 0 Å². The number of hydrogen-bond acceptors (Lipinski definition) is 0. The van der Waals surface area contributed by atoms with Gasteiger partial charge in [0.1, 0.15) is 0 Å². The maximum absolute atomic E-state index is 3.92. The molecule has 0 aromatic rings. The van der Waals surface area contributed by atoms with Crippen molar-refractivity contribution in [3.8, 4) is 0 Å². The quantitative estimate of drug-likeness (QED) is 0.560. The third-order valence-corrected chi connectivity index (χ3v) is 5.31. The summed E-state index contributed by atoms with van der Waals surface area (Å²) in [6.07, 6.45) is 7.75. The average Bonchev–Trinajstić information content (AvgIpc) is 2.08. The Morgan fingerprint density at radius 2 is 2.08 bits per heavy atom. The number of hydrogen-bond donors (Lipinski definition) is 0. The van der Waals surface area contributed by atoms with Gasteiger partial charge in [-0.05, 0) is 48.3 Å². The molecule has 74 valence electrons. The SMILES string of the molecule is C=CCC12CC(CCC1C)C2(C)C. The summed E-state index contributed by atoms with van der Waals surface area (Å²) >= 11 is 0. The number of rotatable bonds is 2. The van der Waals surface area contributed by atoms with Gasteiger partial charge in [-0.25, -0.2) is 0 Å². The fraction of sp³-hybridized carbons (Fsp3) is 0.846. The lowest BCUT2D eigenvalue weighted by molar-refractivity contribution is -0.192. The van der Waals surface area contributed by atoms with Gasteiger partial charge in [0, 0.05) is 0 Å². The Bertz CT molecular complexity index is 226. The first kappa shape index (κ1) is 9.30. The van der Waals surface area contributed by atoms with Gasteiger partial charge in [0.05, 0.1) is 0 Å². The molecule has 3 saturated carbocycles. The topological polar surface area (TPSA) is 0 Å². The van der Waals surface area contributed by atoms with Crippen molar-refractivity contribution in [2.45, 2.75) is 46.5 Å². The molecule has 0 N–H and O–H groups in total. The van der Waals surface area contributed by atoms with Crippen LogP contribution >= 0.6 is 0 Å². The summed E-state index contributed by atoms with van der Waals surface area (Å²) in [5, 5.41) is 0. The summed E-state index contributed by atoms with van der Waals surface area (Å²) in [5.41, 5.74) is 1.19. The van der Waals surface area contributed by atoms with E-state index in [-0.39, 0.29) is 0 Å². The van der Waals surface area contributed by atoms with Crippen LogP contribution in [0.15, 0.2) is 12.7 Å². The summed E-state index contributed by atoms with van der Waals surface area (Å²) in [6, 6.07) is 0. The van der Waals surface area contributed by atoms with Crippen LogP contribution in [0.1, 0.15) is 46.5 Å². The lowest BCUT2D eigenvalue weighted by atomic mass is 9.36. The standard InChI is InChI=1S/C13H22/c1-5-8-13-9-11(12(13,3)4)7-6-10(13)2/h5,10-11H,1,6-9H2,2-4H3. The van der Waals surface area contributed by atoms with E-state index < -0.39 is 0 Å². The van der Waals surface area contributed by atoms with Gasteiger partial charge in [0.25, 0.3) is 0 Å². The zero-order valence-corrected chi connectivity index (χ0v) is 9.27. The predicted octanol–water partition coefficient (Wildman–Crippen LogP) is 4.02. The minimum Gasteiger partial charge on any atom is -0.103 e. The van der Waals surface area contributed by atoms with Gasteiger partial charge in [-0.3, -0.25) is 0 Å². The van der Waals surface area contributed by atoms with Gasteiger partial charge >= 0.3 is 0 Å². The molecule has 0 saturated heterocycles. The second-order valence-electron chi connectivity index (χ2n) is 5.75. The highest BCUT2D eigenvalue weighted by molar-refractivity contribution is 5.14. The van der Waals surface area contributed by atoms with Gasteiger partial charge < -0.3 is 0 Å². The summed E-state index contributed by atoms with van der Waals surface area (Å²) < 4.78 is 0. The van der Waals surface area contributed by atoms with Crippen LogP contribution in [0.5, 0.6) is 0 Å². The molecule has 0 spiro atoms. The summed E-state index contributed by atoms with van der Waals surface area (Å²) in [7, 11) is 0. The van der Waals surface area contributed by atoms with Gasteiger partial charge in [-0.2, -0.15) is 0 Å². The van der Waals surface area contributed by atoms with Crippen LogP contribution in [0, 0.1) is 22.7 Å². The normalized spacial score (nSPS) is 46.7. The Balaban J connectivity index is 2.27. The van der Waals surface area contributed by atoms with E-state index in [1.54, 1.807) is 0 Å². The van der Waals surface area contributed by atoms with Crippen molar-refractivity contribution in [1.29, 1.82) is 0 Å². The predicted molar refractivity (Wildman–Crippen MR) is 57.5 cm³/mol. The molecule has 3 fully saturated rings. The van der Waals surface area contributed by atoms with Crippen molar-refractivity contribution in [2.75, 3.05) is 0 Å². The average molecular weight is 178 g/mol. The van der Waals surface area contributed by atoms with Crippen LogP contribution in [0.2, 0.25) is 0 Å². The smallest absolute Gasteiger partial charge is 0.0181 e. The Hall–Kier alpha value is -0.260. The zero-order valence-electron chi connectivity index (χ0n) is 9.27. The summed E-state index contributed by atoms with van der Waals surface area (Å²) in [4.78, 5) is 0. The van der Waals surface area contributed by atoms with Gasteiger partial charge in [0.15, 0.2) is 0 Å². The van der Waals surface area contributed by atoms with E-state index >= 15 is 0 Å². The van der Waals surface area contributed by atoms with Crippen molar-refractivity contribution in [3.05, 3.63) is 12.7 Å². The minimum atomic E-state index is 0.582. The molecule has 3 unspecified atom stereocenters. The number of fused-ring (bicyclic) bond motifs is 2. The van der Waals surface area contributed by atoms with Gasteiger partial charge in [0.2, 0.25) is 0 Å². The monoisotopic (exact) mass is 178 g/mol. The molecule has 2 bridgehead atoms. The highest BCUT2D eigenvalue weighted by atomic mass is 14.7. The van der Waals surface area contributed by atoms with E-state index in [0.717, 1.165) is 11.8 Å². The van der Waals surface area contributed by atoms with Crippen LogP contribution in [0.25, 0.3) is 0 Å². The zero-order chi connectivity index (χ0) is 9.69.